The monoisotopic (exact) mass is 519 g/mol. The van der Waals surface area contributed by atoms with Crippen molar-refractivity contribution in [2.24, 2.45) is 0 Å². The van der Waals surface area contributed by atoms with Gasteiger partial charge in [0.25, 0.3) is 5.91 Å². The third kappa shape index (κ3) is 8.20. The lowest BCUT2D eigenvalue weighted by atomic mass is 9.93. The highest BCUT2D eigenvalue weighted by atomic mass is 32.2. The number of hydrogen-bond acceptors (Lipinski definition) is 4. The molecule has 0 aliphatic carbocycles. The van der Waals surface area contributed by atoms with E-state index < -0.39 is 12.0 Å². The highest BCUT2D eigenvalue weighted by Gasteiger charge is 2.23. The number of thioether (sulfide) groups is 1. The molecule has 0 radical (unpaired) electrons. The van der Waals surface area contributed by atoms with E-state index in [4.69, 9.17) is 4.74 Å². The van der Waals surface area contributed by atoms with E-state index in [1.54, 1.807) is 17.8 Å². The average Bonchev–Trinajstić information content (AvgIpc) is 2.91. The number of unbranched alkanes of at least 4 members (excludes halogenated alkanes) is 1. The van der Waals surface area contributed by atoms with Gasteiger partial charge >= 0.3 is 5.97 Å². The smallest absolute Gasteiger partial charge is 0.326 e. The Hall–Kier alpha value is -3.09. The minimum atomic E-state index is -1.02. The number of benzene rings is 3. The van der Waals surface area contributed by atoms with E-state index in [1.807, 2.05) is 67.8 Å². The van der Waals surface area contributed by atoms with Gasteiger partial charge in [-0.2, -0.15) is 11.8 Å². The number of amides is 1. The quantitative estimate of drug-likeness (QED) is 0.239. The fourth-order valence-corrected chi connectivity index (χ4v) is 4.78. The maximum absolute atomic E-state index is 13.3. The van der Waals surface area contributed by atoms with Crippen molar-refractivity contribution >= 4 is 23.6 Å². The lowest BCUT2D eigenvalue weighted by Crippen LogP contribution is -2.41. The summed E-state index contributed by atoms with van der Waals surface area (Å²) < 4.78 is 6.40. The maximum atomic E-state index is 13.3. The van der Waals surface area contributed by atoms with Gasteiger partial charge in [-0.25, -0.2) is 4.79 Å². The molecule has 3 rings (SSSR count). The van der Waals surface area contributed by atoms with Crippen molar-refractivity contribution in [2.75, 3.05) is 12.0 Å². The number of carboxylic acids is 1. The topological polar surface area (TPSA) is 75.6 Å². The standard InChI is InChI=1S/C31H37NO4S/c1-4-5-15-29(24-12-7-6-8-13-24)36-21-23-16-17-26(27(20-23)25-14-10-9-11-22(25)2)30(33)32-28(31(34)35)18-19-37-3/h6-14,16-17,20,28-29H,4-5,15,18-19,21H2,1-3H3,(H,32,33)(H,34,35)/t28-,29-/m0/s1. The number of carbonyl (C=O) groups excluding carboxylic acids is 1. The van der Waals surface area contributed by atoms with Gasteiger partial charge in [0, 0.05) is 5.56 Å². The second-order valence-corrected chi connectivity index (χ2v) is 10.2. The Bertz CT molecular complexity index is 1160. The predicted molar refractivity (Wildman–Crippen MR) is 152 cm³/mol. The molecular formula is C31H37NO4S. The van der Waals surface area contributed by atoms with E-state index in [0.29, 0.717) is 24.3 Å². The van der Waals surface area contributed by atoms with Crippen molar-refractivity contribution in [1.29, 1.82) is 0 Å². The van der Waals surface area contributed by atoms with Gasteiger partial charge < -0.3 is 15.2 Å². The average molecular weight is 520 g/mol. The van der Waals surface area contributed by atoms with Crippen molar-refractivity contribution in [3.63, 3.8) is 0 Å². The van der Waals surface area contributed by atoms with Crippen molar-refractivity contribution in [1.82, 2.24) is 5.32 Å². The minimum Gasteiger partial charge on any atom is -0.480 e. The van der Waals surface area contributed by atoms with E-state index in [-0.39, 0.29) is 12.0 Å². The lowest BCUT2D eigenvalue weighted by Gasteiger charge is -2.20. The van der Waals surface area contributed by atoms with Crippen LogP contribution in [0, 0.1) is 6.92 Å². The number of carboxylic acid groups (broad SMARTS) is 1. The van der Waals surface area contributed by atoms with Crippen LogP contribution >= 0.6 is 11.8 Å². The summed E-state index contributed by atoms with van der Waals surface area (Å²) in [6.07, 6.45) is 5.41. The molecule has 5 nitrogen and oxygen atoms in total. The summed E-state index contributed by atoms with van der Waals surface area (Å²) in [6.45, 7) is 4.60. The summed E-state index contributed by atoms with van der Waals surface area (Å²) in [5.74, 6) is -0.757. The maximum Gasteiger partial charge on any atom is 0.326 e. The van der Waals surface area contributed by atoms with Gasteiger partial charge in [-0.15, -0.1) is 0 Å². The predicted octanol–water partition coefficient (Wildman–Crippen LogP) is 7.05. The molecule has 0 spiro atoms. The summed E-state index contributed by atoms with van der Waals surface area (Å²) in [5, 5.41) is 12.3. The van der Waals surface area contributed by atoms with E-state index in [1.165, 1.54) is 0 Å². The fourth-order valence-electron chi connectivity index (χ4n) is 4.31. The third-order valence-corrected chi connectivity index (χ3v) is 7.06. The molecule has 0 fully saturated rings. The van der Waals surface area contributed by atoms with Crippen molar-refractivity contribution in [3.05, 3.63) is 95.1 Å². The van der Waals surface area contributed by atoms with Gasteiger partial charge in [0.15, 0.2) is 0 Å². The summed E-state index contributed by atoms with van der Waals surface area (Å²) in [5.41, 5.74) is 5.34. The van der Waals surface area contributed by atoms with Crippen molar-refractivity contribution in [3.8, 4) is 11.1 Å². The van der Waals surface area contributed by atoms with Crippen LogP contribution in [-0.2, 0) is 16.1 Å². The molecule has 0 aliphatic heterocycles. The van der Waals surface area contributed by atoms with Crippen LogP contribution in [0.3, 0.4) is 0 Å². The van der Waals surface area contributed by atoms with Crippen molar-refractivity contribution in [2.45, 2.75) is 58.3 Å². The first-order valence-electron chi connectivity index (χ1n) is 12.8. The zero-order valence-corrected chi connectivity index (χ0v) is 22.7. The molecule has 2 N–H and O–H groups in total. The Morgan fingerprint density at radius 1 is 0.973 bits per heavy atom. The summed E-state index contributed by atoms with van der Waals surface area (Å²) in [7, 11) is 0. The molecule has 0 saturated carbocycles. The number of rotatable bonds is 14. The molecule has 3 aromatic carbocycles. The molecule has 2 atom stereocenters. The highest BCUT2D eigenvalue weighted by molar-refractivity contribution is 7.98. The molecule has 3 aromatic rings. The number of aryl methyl sites for hydroxylation is 1. The second kappa shape index (κ2) is 14.6. The van der Waals surface area contributed by atoms with E-state index >= 15 is 0 Å². The van der Waals surface area contributed by atoms with Crippen LogP contribution in [0.1, 0.15) is 65.8 Å². The van der Waals surface area contributed by atoms with E-state index in [9.17, 15) is 14.7 Å². The van der Waals surface area contributed by atoms with Crippen LogP contribution in [0.2, 0.25) is 0 Å². The van der Waals surface area contributed by atoms with Crippen LogP contribution in [-0.4, -0.2) is 35.0 Å². The fraction of sp³-hybridized carbons (Fsp3) is 0.355. The number of carbonyl (C=O) groups is 2. The molecule has 6 heteroatoms. The summed E-state index contributed by atoms with van der Waals surface area (Å²) in [6, 6.07) is 22.9. The molecule has 37 heavy (non-hydrogen) atoms. The van der Waals surface area contributed by atoms with Crippen LogP contribution in [0.25, 0.3) is 11.1 Å². The zero-order valence-electron chi connectivity index (χ0n) is 21.9. The van der Waals surface area contributed by atoms with Gasteiger partial charge in [0.2, 0.25) is 0 Å². The van der Waals surface area contributed by atoms with Crippen LogP contribution < -0.4 is 5.32 Å². The molecule has 196 valence electrons. The van der Waals surface area contributed by atoms with Crippen molar-refractivity contribution < 1.29 is 19.4 Å². The normalized spacial score (nSPS) is 12.6. The zero-order chi connectivity index (χ0) is 26.6. The first-order chi connectivity index (χ1) is 17.9. The first kappa shape index (κ1) is 28.5. The van der Waals surface area contributed by atoms with Crippen LogP contribution in [0.5, 0.6) is 0 Å². The largest absolute Gasteiger partial charge is 0.480 e. The van der Waals surface area contributed by atoms with Gasteiger partial charge in [0.1, 0.15) is 6.04 Å². The molecule has 0 heterocycles. The van der Waals surface area contributed by atoms with Gasteiger partial charge in [0.05, 0.1) is 12.7 Å². The number of ether oxygens (including phenoxy) is 1. The molecule has 1 amide bonds. The first-order valence-corrected chi connectivity index (χ1v) is 14.2. The van der Waals surface area contributed by atoms with Crippen LogP contribution in [0.15, 0.2) is 72.8 Å². The molecular weight excluding hydrogens is 482 g/mol. The highest BCUT2D eigenvalue weighted by Crippen LogP contribution is 2.30. The Kier molecular flexibility index (Phi) is 11.2. The van der Waals surface area contributed by atoms with E-state index in [0.717, 1.165) is 47.1 Å². The van der Waals surface area contributed by atoms with Gasteiger partial charge in [-0.3, -0.25) is 4.79 Å². The SMILES string of the molecule is CCCC[C@H](OCc1ccc(C(=O)N[C@@H](CCSC)C(=O)O)c(-c2ccccc2C)c1)c1ccccc1. The Labute approximate surface area is 224 Å². The molecule has 0 aromatic heterocycles. The number of hydrogen-bond donors (Lipinski definition) is 2. The Morgan fingerprint density at radius 2 is 1.70 bits per heavy atom. The number of aliphatic carboxylic acids is 1. The minimum absolute atomic E-state index is 0.00111. The molecule has 0 aliphatic rings. The lowest BCUT2D eigenvalue weighted by molar-refractivity contribution is -0.139. The summed E-state index contributed by atoms with van der Waals surface area (Å²) >= 11 is 1.56. The summed E-state index contributed by atoms with van der Waals surface area (Å²) in [4.78, 5) is 25.0. The molecule has 0 unspecified atom stereocenters. The third-order valence-electron chi connectivity index (χ3n) is 6.42. The molecule has 0 saturated heterocycles. The van der Waals surface area contributed by atoms with Crippen LogP contribution in [0.4, 0.5) is 0 Å². The number of nitrogens with one attached hydrogen (secondary N) is 1. The van der Waals surface area contributed by atoms with Gasteiger partial charge in [-0.05, 0) is 71.7 Å². The molecule has 0 bridgehead atoms. The van der Waals surface area contributed by atoms with Gasteiger partial charge in [-0.1, -0.05) is 80.4 Å². The Balaban J connectivity index is 1.89. The second-order valence-electron chi connectivity index (χ2n) is 9.19. The Morgan fingerprint density at radius 3 is 2.38 bits per heavy atom. The van der Waals surface area contributed by atoms with E-state index in [2.05, 4.69) is 24.4 Å².